The van der Waals surface area contributed by atoms with Crippen LogP contribution in [0.3, 0.4) is 0 Å². The second-order valence-corrected chi connectivity index (χ2v) is 5.17. The van der Waals surface area contributed by atoms with E-state index < -0.39 is 0 Å². The van der Waals surface area contributed by atoms with E-state index in [9.17, 15) is 0 Å². The number of hydrogen-bond acceptors (Lipinski definition) is 5. The number of ether oxygens (including phenoxy) is 3. The van der Waals surface area contributed by atoms with Crippen LogP contribution in [-0.2, 0) is 11.3 Å². The second kappa shape index (κ2) is 8.22. The lowest BCUT2D eigenvalue weighted by atomic mass is 10.1. The number of nitrogens with one attached hydrogen (secondary N) is 1. The first-order valence-electron chi connectivity index (χ1n) is 7.53. The molecule has 1 aromatic carbocycles. The molecule has 0 spiro atoms. The van der Waals surface area contributed by atoms with Gasteiger partial charge in [0.1, 0.15) is 0 Å². The van der Waals surface area contributed by atoms with Gasteiger partial charge in [0.25, 0.3) is 0 Å². The van der Waals surface area contributed by atoms with Crippen molar-refractivity contribution in [1.82, 2.24) is 10.2 Å². The van der Waals surface area contributed by atoms with Crippen molar-refractivity contribution in [1.29, 1.82) is 0 Å². The van der Waals surface area contributed by atoms with E-state index >= 15 is 0 Å². The monoisotopic (exact) mass is 294 g/mol. The Morgan fingerprint density at radius 1 is 1.33 bits per heavy atom. The van der Waals surface area contributed by atoms with Crippen LogP contribution in [0.5, 0.6) is 11.5 Å². The van der Waals surface area contributed by atoms with Gasteiger partial charge in [-0.3, -0.25) is 4.90 Å². The number of morpholine rings is 1. The summed E-state index contributed by atoms with van der Waals surface area (Å²) in [5.74, 6) is 1.56. The van der Waals surface area contributed by atoms with Crippen molar-refractivity contribution in [3.05, 3.63) is 23.8 Å². The first kappa shape index (κ1) is 16.1. The SMILES string of the molecule is CCN1CCO[C@H](CNCc2cccc(OC)c2OC)C1. The summed E-state index contributed by atoms with van der Waals surface area (Å²) < 4.78 is 16.5. The Labute approximate surface area is 127 Å². The minimum absolute atomic E-state index is 0.260. The summed E-state index contributed by atoms with van der Waals surface area (Å²) in [6.07, 6.45) is 0.260. The molecule has 0 radical (unpaired) electrons. The largest absolute Gasteiger partial charge is 0.493 e. The molecule has 0 aromatic heterocycles. The fourth-order valence-corrected chi connectivity index (χ4v) is 2.65. The summed E-state index contributed by atoms with van der Waals surface area (Å²) in [6, 6.07) is 5.94. The highest BCUT2D eigenvalue weighted by atomic mass is 16.5. The molecule has 5 heteroatoms. The van der Waals surface area contributed by atoms with Gasteiger partial charge in [-0.1, -0.05) is 19.1 Å². The Bertz CT molecular complexity index is 440. The summed E-state index contributed by atoms with van der Waals surface area (Å²) >= 11 is 0. The summed E-state index contributed by atoms with van der Waals surface area (Å²) in [4.78, 5) is 2.42. The molecule has 2 rings (SSSR count). The Morgan fingerprint density at radius 2 is 2.19 bits per heavy atom. The van der Waals surface area contributed by atoms with Crippen LogP contribution in [-0.4, -0.2) is 58.0 Å². The summed E-state index contributed by atoms with van der Waals surface area (Å²) in [5, 5.41) is 3.45. The molecule has 1 aliphatic heterocycles. The molecule has 0 unspecified atom stereocenters. The van der Waals surface area contributed by atoms with Gasteiger partial charge in [-0.2, -0.15) is 0 Å². The Balaban J connectivity index is 1.86. The van der Waals surface area contributed by atoms with Crippen molar-refractivity contribution < 1.29 is 14.2 Å². The standard InChI is InChI=1S/C16H26N2O3/c1-4-18-8-9-21-14(12-18)11-17-10-13-6-5-7-15(19-2)16(13)20-3/h5-7,14,17H,4,8-12H2,1-3H3/t14-/m1/s1. The zero-order valence-electron chi connectivity index (χ0n) is 13.2. The molecule has 1 saturated heterocycles. The average Bonchev–Trinajstić information content (AvgIpc) is 2.54. The molecular weight excluding hydrogens is 268 g/mol. The zero-order chi connectivity index (χ0) is 15.1. The lowest BCUT2D eigenvalue weighted by Crippen LogP contribution is -2.46. The van der Waals surface area contributed by atoms with Gasteiger partial charge in [0.05, 0.1) is 26.9 Å². The maximum Gasteiger partial charge on any atom is 0.165 e. The number of para-hydroxylation sites is 1. The molecule has 0 aliphatic carbocycles. The Kier molecular flexibility index (Phi) is 6.29. The summed E-state index contributed by atoms with van der Waals surface area (Å²) in [5.41, 5.74) is 1.10. The van der Waals surface area contributed by atoms with E-state index in [1.54, 1.807) is 14.2 Å². The van der Waals surface area contributed by atoms with Gasteiger partial charge in [-0.15, -0.1) is 0 Å². The van der Waals surface area contributed by atoms with E-state index in [-0.39, 0.29) is 6.10 Å². The van der Waals surface area contributed by atoms with Crippen molar-refractivity contribution in [2.24, 2.45) is 0 Å². The van der Waals surface area contributed by atoms with Crippen molar-refractivity contribution in [2.45, 2.75) is 19.6 Å². The molecular formula is C16H26N2O3. The Morgan fingerprint density at radius 3 is 2.90 bits per heavy atom. The quantitative estimate of drug-likeness (QED) is 0.826. The predicted molar refractivity (Wildman–Crippen MR) is 83.1 cm³/mol. The topological polar surface area (TPSA) is 43.0 Å². The van der Waals surface area contributed by atoms with Crippen LogP contribution in [0.15, 0.2) is 18.2 Å². The number of benzene rings is 1. The zero-order valence-corrected chi connectivity index (χ0v) is 13.2. The van der Waals surface area contributed by atoms with Gasteiger partial charge in [-0.25, -0.2) is 0 Å². The summed E-state index contributed by atoms with van der Waals surface area (Å²) in [7, 11) is 3.33. The van der Waals surface area contributed by atoms with E-state index in [1.807, 2.05) is 12.1 Å². The van der Waals surface area contributed by atoms with E-state index in [4.69, 9.17) is 14.2 Å². The number of methoxy groups -OCH3 is 2. The molecule has 0 saturated carbocycles. The van der Waals surface area contributed by atoms with E-state index in [0.29, 0.717) is 0 Å². The van der Waals surface area contributed by atoms with Crippen LogP contribution in [0.1, 0.15) is 12.5 Å². The van der Waals surface area contributed by atoms with Gasteiger partial charge in [0, 0.05) is 31.7 Å². The molecule has 0 bridgehead atoms. The van der Waals surface area contributed by atoms with Crippen LogP contribution in [0.2, 0.25) is 0 Å². The maximum absolute atomic E-state index is 5.79. The fourth-order valence-electron chi connectivity index (χ4n) is 2.65. The van der Waals surface area contributed by atoms with Crippen molar-refractivity contribution >= 4 is 0 Å². The molecule has 0 amide bonds. The highest BCUT2D eigenvalue weighted by Gasteiger charge is 2.19. The van der Waals surface area contributed by atoms with Gasteiger partial charge in [0.2, 0.25) is 0 Å². The van der Waals surface area contributed by atoms with Crippen molar-refractivity contribution in [3.8, 4) is 11.5 Å². The first-order chi connectivity index (χ1) is 10.3. The molecule has 5 nitrogen and oxygen atoms in total. The van der Waals surface area contributed by atoms with Crippen LogP contribution in [0, 0.1) is 0 Å². The first-order valence-corrected chi connectivity index (χ1v) is 7.53. The second-order valence-electron chi connectivity index (χ2n) is 5.17. The van der Waals surface area contributed by atoms with E-state index in [2.05, 4.69) is 23.2 Å². The van der Waals surface area contributed by atoms with Crippen molar-refractivity contribution in [3.63, 3.8) is 0 Å². The van der Waals surface area contributed by atoms with Crippen molar-refractivity contribution in [2.75, 3.05) is 47.0 Å². The molecule has 118 valence electrons. The van der Waals surface area contributed by atoms with Gasteiger partial charge < -0.3 is 19.5 Å². The van der Waals surface area contributed by atoms with E-state index in [1.165, 1.54) is 0 Å². The normalized spacial score (nSPS) is 19.5. The number of likely N-dealkylation sites (N-methyl/N-ethyl adjacent to an activating group) is 1. The van der Waals surface area contributed by atoms with E-state index in [0.717, 1.165) is 56.4 Å². The van der Waals surface area contributed by atoms with Crippen LogP contribution in [0.25, 0.3) is 0 Å². The molecule has 1 aliphatic rings. The number of rotatable bonds is 7. The minimum atomic E-state index is 0.260. The lowest BCUT2D eigenvalue weighted by Gasteiger charge is -2.32. The lowest BCUT2D eigenvalue weighted by molar-refractivity contribution is -0.0253. The molecule has 1 N–H and O–H groups in total. The molecule has 21 heavy (non-hydrogen) atoms. The third-order valence-corrected chi connectivity index (χ3v) is 3.84. The van der Waals surface area contributed by atoms with Gasteiger partial charge in [-0.05, 0) is 12.6 Å². The van der Waals surface area contributed by atoms with Crippen LogP contribution < -0.4 is 14.8 Å². The Hall–Kier alpha value is -1.30. The van der Waals surface area contributed by atoms with Gasteiger partial charge in [0.15, 0.2) is 11.5 Å². The minimum Gasteiger partial charge on any atom is -0.493 e. The fraction of sp³-hybridized carbons (Fsp3) is 0.625. The average molecular weight is 294 g/mol. The molecule has 1 atom stereocenters. The predicted octanol–water partition coefficient (Wildman–Crippen LogP) is 1.51. The van der Waals surface area contributed by atoms with Gasteiger partial charge >= 0.3 is 0 Å². The number of nitrogens with zero attached hydrogens (tertiary/aromatic N) is 1. The molecule has 1 fully saturated rings. The highest BCUT2D eigenvalue weighted by Crippen LogP contribution is 2.30. The maximum atomic E-state index is 5.79. The number of hydrogen-bond donors (Lipinski definition) is 1. The third-order valence-electron chi connectivity index (χ3n) is 3.84. The summed E-state index contributed by atoms with van der Waals surface area (Å²) in [6.45, 7) is 7.72. The molecule has 1 aromatic rings. The highest BCUT2D eigenvalue weighted by molar-refractivity contribution is 5.46. The third kappa shape index (κ3) is 4.33. The van der Waals surface area contributed by atoms with Crippen LogP contribution >= 0.6 is 0 Å². The smallest absolute Gasteiger partial charge is 0.165 e. The van der Waals surface area contributed by atoms with Crippen LogP contribution in [0.4, 0.5) is 0 Å². The molecule has 1 heterocycles.